The first kappa shape index (κ1) is 14.0. The number of rotatable bonds is 3. The van der Waals surface area contributed by atoms with Gasteiger partial charge in [-0.15, -0.1) is 0 Å². The van der Waals surface area contributed by atoms with Crippen LogP contribution in [0.15, 0.2) is 59.5 Å². The lowest BCUT2D eigenvalue weighted by atomic mass is 10.1. The molecular weight excluding hydrogens is 285 g/mol. The quantitative estimate of drug-likeness (QED) is 0.808. The number of carbonyl (C=O) groups is 1. The number of pyridine rings is 1. The number of nitrogens with zero attached hydrogens (tertiary/aromatic N) is 1. The third kappa shape index (κ3) is 2.37. The van der Waals surface area contributed by atoms with Gasteiger partial charge in [0.15, 0.2) is 0 Å². The number of carboxylic acids is 1. The maximum absolute atomic E-state index is 13.7. The third-order valence-electron chi connectivity index (χ3n) is 3.52. The topological polar surface area (TPSA) is 59.3 Å². The van der Waals surface area contributed by atoms with Crippen LogP contribution in [-0.4, -0.2) is 15.6 Å². The van der Waals surface area contributed by atoms with Crippen molar-refractivity contribution >= 4 is 16.7 Å². The van der Waals surface area contributed by atoms with E-state index in [2.05, 4.69) is 0 Å². The van der Waals surface area contributed by atoms with Crippen LogP contribution in [0.1, 0.15) is 15.9 Å². The molecule has 0 atom stereocenters. The number of fused-ring (bicyclic) bond motifs is 1. The van der Waals surface area contributed by atoms with Gasteiger partial charge in [-0.05, 0) is 12.1 Å². The Morgan fingerprint density at radius 1 is 1.05 bits per heavy atom. The number of carboxylic acid groups (broad SMARTS) is 1. The van der Waals surface area contributed by atoms with Crippen molar-refractivity contribution in [2.75, 3.05) is 0 Å². The lowest BCUT2D eigenvalue weighted by molar-refractivity contribution is 0.0698. The van der Waals surface area contributed by atoms with Gasteiger partial charge in [0.1, 0.15) is 5.82 Å². The van der Waals surface area contributed by atoms with Crippen LogP contribution in [0.2, 0.25) is 0 Å². The van der Waals surface area contributed by atoms with Crippen LogP contribution in [0.25, 0.3) is 10.8 Å². The average molecular weight is 297 g/mol. The zero-order valence-corrected chi connectivity index (χ0v) is 11.5. The standard InChI is InChI=1S/C17H12FNO3/c18-15-8-4-1-5-11(15)9-19-10-14(17(21)22)12-6-2-3-7-13(12)16(19)20/h1-8,10H,9H2,(H,21,22). The molecule has 1 N–H and O–H groups in total. The van der Waals surface area contributed by atoms with Crippen molar-refractivity contribution in [3.8, 4) is 0 Å². The second-order valence-corrected chi connectivity index (χ2v) is 4.92. The summed E-state index contributed by atoms with van der Waals surface area (Å²) < 4.78 is 15.0. The molecule has 0 spiro atoms. The molecule has 1 heterocycles. The number of benzene rings is 2. The molecule has 3 rings (SSSR count). The van der Waals surface area contributed by atoms with Gasteiger partial charge in [0.05, 0.1) is 12.1 Å². The van der Waals surface area contributed by atoms with E-state index in [0.29, 0.717) is 16.3 Å². The van der Waals surface area contributed by atoms with E-state index in [4.69, 9.17) is 0 Å². The first-order chi connectivity index (χ1) is 10.6. The molecule has 0 fully saturated rings. The van der Waals surface area contributed by atoms with Crippen LogP contribution in [0.4, 0.5) is 4.39 Å². The minimum Gasteiger partial charge on any atom is -0.478 e. The molecule has 3 aromatic rings. The number of hydrogen-bond acceptors (Lipinski definition) is 2. The van der Waals surface area contributed by atoms with Gasteiger partial charge in [0, 0.05) is 22.5 Å². The summed E-state index contributed by atoms with van der Waals surface area (Å²) in [5, 5.41) is 10.0. The molecular formula is C17H12FNO3. The Balaban J connectivity index is 2.22. The van der Waals surface area contributed by atoms with Crippen molar-refractivity contribution in [3.05, 3.63) is 82.0 Å². The van der Waals surface area contributed by atoms with Crippen molar-refractivity contribution in [3.63, 3.8) is 0 Å². The SMILES string of the molecule is O=C(O)c1cn(Cc2ccccc2F)c(=O)c2ccccc12. The van der Waals surface area contributed by atoms with E-state index >= 15 is 0 Å². The molecule has 1 aromatic heterocycles. The first-order valence-corrected chi connectivity index (χ1v) is 6.67. The Kier molecular flexibility index (Phi) is 3.47. The highest BCUT2D eigenvalue weighted by Gasteiger charge is 2.14. The average Bonchev–Trinajstić information content (AvgIpc) is 2.52. The third-order valence-corrected chi connectivity index (χ3v) is 3.52. The molecule has 110 valence electrons. The molecule has 4 nitrogen and oxygen atoms in total. The summed E-state index contributed by atoms with van der Waals surface area (Å²) in [4.78, 5) is 23.9. The van der Waals surface area contributed by atoms with Crippen LogP contribution < -0.4 is 5.56 Å². The Morgan fingerprint density at radius 2 is 1.68 bits per heavy atom. The molecule has 0 aliphatic carbocycles. The summed E-state index contributed by atoms with van der Waals surface area (Å²) in [6.07, 6.45) is 1.26. The first-order valence-electron chi connectivity index (χ1n) is 6.67. The van der Waals surface area contributed by atoms with E-state index in [-0.39, 0.29) is 17.7 Å². The number of aromatic nitrogens is 1. The van der Waals surface area contributed by atoms with Gasteiger partial charge in [-0.2, -0.15) is 0 Å². The minimum atomic E-state index is -1.13. The van der Waals surface area contributed by atoms with Gasteiger partial charge in [-0.25, -0.2) is 9.18 Å². The predicted molar refractivity (Wildman–Crippen MR) is 80.7 cm³/mol. The highest BCUT2D eigenvalue weighted by molar-refractivity contribution is 6.02. The molecule has 2 aromatic carbocycles. The van der Waals surface area contributed by atoms with Crippen LogP contribution in [0.5, 0.6) is 0 Å². The van der Waals surface area contributed by atoms with Crippen LogP contribution in [0.3, 0.4) is 0 Å². The fourth-order valence-corrected chi connectivity index (χ4v) is 2.44. The van der Waals surface area contributed by atoms with E-state index < -0.39 is 11.8 Å². The number of halogens is 1. The zero-order valence-electron chi connectivity index (χ0n) is 11.5. The van der Waals surface area contributed by atoms with Gasteiger partial charge in [0.2, 0.25) is 0 Å². The molecule has 0 saturated carbocycles. The summed E-state index contributed by atoms with van der Waals surface area (Å²) >= 11 is 0. The Morgan fingerprint density at radius 3 is 2.36 bits per heavy atom. The normalized spacial score (nSPS) is 10.8. The highest BCUT2D eigenvalue weighted by atomic mass is 19.1. The number of hydrogen-bond donors (Lipinski definition) is 1. The summed E-state index contributed by atoms with van der Waals surface area (Å²) in [6, 6.07) is 12.6. The zero-order chi connectivity index (χ0) is 15.7. The van der Waals surface area contributed by atoms with Crippen molar-refractivity contribution in [1.29, 1.82) is 0 Å². The molecule has 0 amide bonds. The largest absolute Gasteiger partial charge is 0.478 e. The van der Waals surface area contributed by atoms with E-state index in [1.165, 1.54) is 16.8 Å². The number of aromatic carboxylic acids is 1. The van der Waals surface area contributed by atoms with E-state index in [1.807, 2.05) is 0 Å². The van der Waals surface area contributed by atoms with Crippen molar-refractivity contribution in [2.45, 2.75) is 6.54 Å². The van der Waals surface area contributed by atoms with Gasteiger partial charge in [-0.1, -0.05) is 36.4 Å². The maximum atomic E-state index is 13.7. The van der Waals surface area contributed by atoms with E-state index in [1.54, 1.807) is 42.5 Å². The Labute approximate surface area is 125 Å². The summed E-state index contributed by atoms with van der Waals surface area (Å²) in [7, 11) is 0. The second kappa shape index (κ2) is 5.44. The molecule has 22 heavy (non-hydrogen) atoms. The smallest absolute Gasteiger partial charge is 0.337 e. The highest BCUT2D eigenvalue weighted by Crippen LogP contribution is 2.16. The van der Waals surface area contributed by atoms with Gasteiger partial charge < -0.3 is 9.67 Å². The minimum absolute atomic E-state index is 0.0172. The van der Waals surface area contributed by atoms with Crippen LogP contribution in [-0.2, 0) is 6.54 Å². The Hall–Kier alpha value is -2.95. The fraction of sp³-hybridized carbons (Fsp3) is 0.0588. The Bertz CT molecular complexity index is 931. The van der Waals surface area contributed by atoms with Crippen molar-refractivity contribution in [2.24, 2.45) is 0 Å². The lowest BCUT2D eigenvalue weighted by Gasteiger charge is -2.10. The van der Waals surface area contributed by atoms with Gasteiger partial charge in [-0.3, -0.25) is 4.79 Å². The van der Waals surface area contributed by atoms with Crippen molar-refractivity contribution in [1.82, 2.24) is 4.57 Å². The molecule has 0 saturated heterocycles. The molecule has 0 radical (unpaired) electrons. The molecule has 0 aliphatic rings. The van der Waals surface area contributed by atoms with E-state index in [0.717, 1.165) is 0 Å². The second-order valence-electron chi connectivity index (χ2n) is 4.92. The molecule has 0 unspecified atom stereocenters. The monoisotopic (exact) mass is 297 g/mol. The van der Waals surface area contributed by atoms with Crippen molar-refractivity contribution < 1.29 is 14.3 Å². The maximum Gasteiger partial charge on any atom is 0.337 e. The summed E-state index contributed by atoms with van der Waals surface area (Å²) in [5.74, 6) is -1.56. The van der Waals surface area contributed by atoms with Gasteiger partial charge in [0.25, 0.3) is 5.56 Å². The van der Waals surface area contributed by atoms with Gasteiger partial charge >= 0.3 is 5.97 Å². The fourth-order valence-electron chi connectivity index (χ4n) is 2.44. The van der Waals surface area contributed by atoms with Crippen LogP contribution in [0, 0.1) is 5.82 Å². The molecule has 0 aliphatic heterocycles. The predicted octanol–water partition coefficient (Wildman–Crippen LogP) is 2.89. The summed E-state index contributed by atoms with van der Waals surface area (Å²) in [6.45, 7) is -0.0172. The van der Waals surface area contributed by atoms with Crippen LogP contribution >= 0.6 is 0 Å². The summed E-state index contributed by atoms with van der Waals surface area (Å²) in [5.41, 5.74) is 0.00612. The molecule has 0 bridgehead atoms. The lowest BCUT2D eigenvalue weighted by Crippen LogP contribution is -2.23. The van der Waals surface area contributed by atoms with E-state index in [9.17, 15) is 19.1 Å². The molecule has 5 heteroatoms.